The van der Waals surface area contributed by atoms with Crippen molar-refractivity contribution in [3.05, 3.63) is 64.4 Å². The van der Waals surface area contributed by atoms with Crippen LogP contribution in [0.1, 0.15) is 29.7 Å². The Hall–Kier alpha value is -1.38. The van der Waals surface area contributed by atoms with Crippen molar-refractivity contribution in [1.82, 2.24) is 10.3 Å². The van der Waals surface area contributed by atoms with Gasteiger partial charge in [-0.15, -0.1) is 0 Å². The third-order valence-electron chi connectivity index (χ3n) is 2.99. The number of nitrogens with one attached hydrogen (secondary N) is 1. The first-order valence-electron chi connectivity index (χ1n) is 6.11. The van der Waals surface area contributed by atoms with Crippen molar-refractivity contribution >= 4 is 11.6 Å². The van der Waals surface area contributed by atoms with Crippen LogP contribution in [0.2, 0.25) is 5.02 Å². The van der Waals surface area contributed by atoms with E-state index in [9.17, 15) is 0 Å². The van der Waals surface area contributed by atoms with E-state index >= 15 is 0 Å². The number of benzene rings is 1. The molecule has 2 nitrogen and oxygen atoms in total. The van der Waals surface area contributed by atoms with Gasteiger partial charge in [0.05, 0.1) is 6.04 Å². The SMILES string of the molecule is CCNC(c1ccc(Cl)cc1)c1ccncc1C. The zero-order valence-electron chi connectivity index (χ0n) is 10.7. The van der Waals surface area contributed by atoms with E-state index in [1.165, 1.54) is 16.7 Å². The summed E-state index contributed by atoms with van der Waals surface area (Å²) in [5, 5.41) is 4.27. The van der Waals surface area contributed by atoms with Crippen molar-refractivity contribution in [3.8, 4) is 0 Å². The van der Waals surface area contributed by atoms with Crippen LogP contribution in [0.25, 0.3) is 0 Å². The average molecular weight is 261 g/mol. The van der Waals surface area contributed by atoms with Gasteiger partial charge in [0.25, 0.3) is 0 Å². The summed E-state index contributed by atoms with van der Waals surface area (Å²) in [4.78, 5) is 4.15. The molecule has 0 spiro atoms. The number of aryl methyl sites for hydroxylation is 1. The summed E-state index contributed by atoms with van der Waals surface area (Å²) in [5.74, 6) is 0. The first-order valence-corrected chi connectivity index (χ1v) is 6.49. The lowest BCUT2D eigenvalue weighted by molar-refractivity contribution is 0.627. The van der Waals surface area contributed by atoms with Gasteiger partial charge in [0.1, 0.15) is 0 Å². The lowest BCUT2D eigenvalue weighted by Gasteiger charge is -2.20. The zero-order valence-corrected chi connectivity index (χ0v) is 11.4. The molecule has 0 saturated heterocycles. The molecule has 94 valence electrons. The maximum absolute atomic E-state index is 5.94. The third kappa shape index (κ3) is 2.89. The normalized spacial score (nSPS) is 12.4. The lowest BCUT2D eigenvalue weighted by Crippen LogP contribution is -2.22. The fraction of sp³-hybridized carbons (Fsp3) is 0.267. The van der Waals surface area contributed by atoms with Crippen LogP contribution < -0.4 is 5.32 Å². The highest BCUT2D eigenvalue weighted by Crippen LogP contribution is 2.25. The van der Waals surface area contributed by atoms with Gasteiger partial charge in [0.2, 0.25) is 0 Å². The molecule has 0 fully saturated rings. The molecule has 0 aliphatic heterocycles. The molecule has 0 aliphatic carbocycles. The Morgan fingerprint density at radius 2 is 1.94 bits per heavy atom. The van der Waals surface area contributed by atoms with Crippen molar-refractivity contribution in [1.29, 1.82) is 0 Å². The van der Waals surface area contributed by atoms with Crippen LogP contribution >= 0.6 is 11.6 Å². The quantitative estimate of drug-likeness (QED) is 0.906. The molecular weight excluding hydrogens is 244 g/mol. The average Bonchev–Trinajstić information content (AvgIpc) is 2.38. The van der Waals surface area contributed by atoms with Crippen LogP contribution in [0, 0.1) is 6.92 Å². The van der Waals surface area contributed by atoms with E-state index in [4.69, 9.17) is 11.6 Å². The number of hydrogen-bond donors (Lipinski definition) is 1. The minimum Gasteiger partial charge on any atom is -0.307 e. The number of halogens is 1. The summed E-state index contributed by atoms with van der Waals surface area (Å²) in [6, 6.07) is 10.2. The lowest BCUT2D eigenvalue weighted by atomic mass is 9.96. The molecule has 1 atom stereocenters. The highest BCUT2D eigenvalue weighted by molar-refractivity contribution is 6.30. The Labute approximate surface area is 113 Å². The van der Waals surface area contributed by atoms with Gasteiger partial charge in [-0.25, -0.2) is 0 Å². The summed E-state index contributed by atoms with van der Waals surface area (Å²) in [6.45, 7) is 5.11. The molecule has 0 bridgehead atoms. The predicted molar refractivity (Wildman–Crippen MR) is 75.9 cm³/mol. The zero-order chi connectivity index (χ0) is 13.0. The molecule has 18 heavy (non-hydrogen) atoms. The highest BCUT2D eigenvalue weighted by atomic mass is 35.5. The Balaban J connectivity index is 2.40. The minimum absolute atomic E-state index is 0.190. The van der Waals surface area contributed by atoms with Gasteiger partial charge >= 0.3 is 0 Å². The molecule has 0 amide bonds. The molecule has 1 aromatic heterocycles. The number of rotatable bonds is 4. The highest BCUT2D eigenvalue weighted by Gasteiger charge is 2.14. The second kappa shape index (κ2) is 5.98. The van der Waals surface area contributed by atoms with Crippen LogP contribution in [0.3, 0.4) is 0 Å². The molecule has 0 aliphatic rings. The topological polar surface area (TPSA) is 24.9 Å². The van der Waals surface area contributed by atoms with E-state index in [1.54, 1.807) is 0 Å². The fourth-order valence-corrected chi connectivity index (χ4v) is 2.20. The molecule has 1 heterocycles. The number of nitrogens with zero attached hydrogens (tertiary/aromatic N) is 1. The smallest absolute Gasteiger partial charge is 0.0580 e. The van der Waals surface area contributed by atoms with Crippen molar-refractivity contribution in [3.63, 3.8) is 0 Å². The Morgan fingerprint density at radius 1 is 1.22 bits per heavy atom. The van der Waals surface area contributed by atoms with Gasteiger partial charge in [-0.1, -0.05) is 30.7 Å². The molecule has 0 saturated carbocycles. The first kappa shape index (κ1) is 13.1. The molecule has 0 radical (unpaired) electrons. The molecule has 3 heteroatoms. The second-order valence-corrected chi connectivity index (χ2v) is 4.71. The van der Waals surface area contributed by atoms with Gasteiger partial charge in [-0.2, -0.15) is 0 Å². The van der Waals surface area contributed by atoms with Crippen molar-refractivity contribution in [2.24, 2.45) is 0 Å². The van der Waals surface area contributed by atoms with Crippen molar-refractivity contribution in [2.45, 2.75) is 19.9 Å². The van der Waals surface area contributed by atoms with Gasteiger partial charge < -0.3 is 5.32 Å². The Morgan fingerprint density at radius 3 is 2.56 bits per heavy atom. The molecule has 1 aromatic carbocycles. The van der Waals surface area contributed by atoms with Crippen LogP contribution in [0.5, 0.6) is 0 Å². The van der Waals surface area contributed by atoms with E-state index in [2.05, 4.69) is 42.3 Å². The van der Waals surface area contributed by atoms with E-state index in [0.717, 1.165) is 11.6 Å². The van der Waals surface area contributed by atoms with E-state index < -0.39 is 0 Å². The Bertz CT molecular complexity index is 508. The van der Waals surface area contributed by atoms with Gasteiger partial charge in [-0.3, -0.25) is 4.98 Å². The summed E-state index contributed by atoms with van der Waals surface area (Å²) >= 11 is 5.94. The van der Waals surface area contributed by atoms with Gasteiger partial charge in [0, 0.05) is 17.4 Å². The molecule has 1 N–H and O–H groups in total. The summed E-state index contributed by atoms with van der Waals surface area (Å²) in [6.07, 6.45) is 3.73. The molecule has 1 unspecified atom stereocenters. The van der Waals surface area contributed by atoms with Crippen molar-refractivity contribution in [2.75, 3.05) is 6.54 Å². The van der Waals surface area contributed by atoms with Crippen LogP contribution in [-0.2, 0) is 0 Å². The first-order chi connectivity index (χ1) is 8.72. The van der Waals surface area contributed by atoms with Crippen LogP contribution in [0.4, 0.5) is 0 Å². The van der Waals surface area contributed by atoms with Gasteiger partial charge in [-0.05, 0) is 48.4 Å². The molecule has 2 aromatic rings. The van der Waals surface area contributed by atoms with E-state index in [0.29, 0.717) is 0 Å². The molecular formula is C15H17ClN2. The fourth-order valence-electron chi connectivity index (χ4n) is 2.07. The maximum atomic E-state index is 5.94. The largest absolute Gasteiger partial charge is 0.307 e. The van der Waals surface area contributed by atoms with Gasteiger partial charge in [0.15, 0.2) is 0 Å². The number of aromatic nitrogens is 1. The van der Waals surface area contributed by atoms with E-state index in [-0.39, 0.29) is 6.04 Å². The second-order valence-electron chi connectivity index (χ2n) is 4.27. The minimum atomic E-state index is 0.190. The van der Waals surface area contributed by atoms with E-state index in [1.807, 2.05) is 24.5 Å². The predicted octanol–water partition coefficient (Wildman–Crippen LogP) is 3.74. The van der Waals surface area contributed by atoms with Crippen molar-refractivity contribution < 1.29 is 0 Å². The number of pyridine rings is 1. The van der Waals surface area contributed by atoms with Crippen LogP contribution in [-0.4, -0.2) is 11.5 Å². The van der Waals surface area contributed by atoms with Crippen LogP contribution in [0.15, 0.2) is 42.7 Å². The summed E-state index contributed by atoms with van der Waals surface area (Å²) < 4.78 is 0. The monoisotopic (exact) mass is 260 g/mol. The standard InChI is InChI=1S/C15H17ClN2/c1-3-18-15(12-4-6-13(16)7-5-12)14-8-9-17-10-11(14)2/h4-10,15,18H,3H2,1-2H3. The number of hydrogen-bond acceptors (Lipinski definition) is 2. The summed E-state index contributed by atoms with van der Waals surface area (Å²) in [7, 11) is 0. The summed E-state index contributed by atoms with van der Waals surface area (Å²) in [5.41, 5.74) is 3.67. The third-order valence-corrected chi connectivity index (χ3v) is 3.24. The molecule has 2 rings (SSSR count). The maximum Gasteiger partial charge on any atom is 0.0580 e. The Kier molecular flexibility index (Phi) is 4.34.